The van der Waals surface area contributed by atoms with Crippen molar-refractivity contribution in [3.63, 3.8) is 0 Å². The van der Waals surface area contributed by atoms with E-state index in [9.17, 15) is 18.0 Å². The summed E-state index contributed by atoms with van der Waals surface area (Å²) >= 11 is 0. The number of carbonyl (C=O) groups excluding carboxylic acids is 1. The highest BCUT2D eigenvalue weighted by molar-refractivity contribution is 5.94. The van der Waals surface area contributed by atoms with Crippen molar-refractivity contribution in [3.05, 3.63) is 35.4 Å². The summed E-state index contributed by atoms with van der Waals surface area (Å²) in [5, 5.41) is 0. The normalized spacial score (nSPS) is 10.5. The van der Waals surface area contributed by atoms with E-state index in [0.717, 1.165) is 18.6 Å². The van der Waals surface area contributed by atoms with Gasteiger partial charge in [-0.25, -0.2) is 0 Å². The molecule has 0 saturated heterocycles. The number of carbonyl (C=O) groups is 1. The highest BCUT2D eigenvalue weighted by Gasteiger charge is 2.31. The van der Waals surface area contributed by atoms with E-state index in [2.05, 4.69) is 0 Å². The molecule has 0 heterocycles. The van der Waals surface area contributed by atoms with Crippen LogP contribution in [0.25, 0.3) is 0 Å². The summed E-state index contributed by atoms with van der Waals surface area (Å²) in [4.78, 5) is 13.2. The molecule has 1 aromatic rings. The Morgan fingerprint density at radius 2 is 1.84 bits per heavy atom. The number of halogens is 3. The van der Waals surface area contributed by atoms with E-state index < -0.39 is 17.6 Å². The van der Waals surface area contributed by atoms with Crippen molar-refractivity contribution in [1.82, 2.24) is 4.90 Å². The molecule has 1 rings (SSSR count). The van der Waals surface area contributed by atoms with Crippen molar-refractivity contribution in [3.8, 4) is 0 Å². The maximum atomic E-state index is 12.5. The number of amides is 1. The van der Waals surface area contributed by atoms with E-state index in [1.165, 1.54) is 17.0 Å². The van der Waals surface area contributed by atoms with Gasteiger partial charge in [0.05, 0.1) is 5.56 Å². The fraction of sp³-hybridized carbons (Fsp3) is 0.500. The Hall–Kier alpha value is -1.52. The van der Waals surface area contributed by atoms with Gasteiger partial charge in [0.25, 0.3) is 5.91 Å². The summed E-state index contributed by atoms with van der Waals surface area (Å²) in [6.45, 7) is 6.42. The van der Waals surface area contributed by atoms with Crippen molar-refractivity contribution < 1.29 is 18.0 Å². The Labute approximate surface area is 112 Å². The second kappa shape index (κ2) is 7.81. The summed E-state index contributed by atoms with van der Waals surface area (Å²) in [5.74, 6) is -0.391. The zero-order valence-electron chi connectivity index (χ0n) is 11.7. The Morgan fingerprint density at radius 3 is 2.32 bits per heavy atom. The van der Waals surface area contributed by atoms with E-state index in [-0.39, 0.29) is 5.56 Å². The minimum atomic E-state index is -4.42. The quantitative estimate of drug-likeness (QED) is 0.809. The Bertz CT molecular complexity index is 402. The van der Waals surface area contributed by atoms with Crippen LogP contribution in [0, 0.1) is 0 Å². The first kappa shape index (κ1) is 17.5. The maximum Gasteiger partial charge on any atom is 0.416 e. The highest BCUT2D eigenvalue weighted by Crippen LogP contribution is 2.29. The van der Waals surface area contributed by atoms with Crippen molar-refractivity contribution in [2.24, 2.45) is 0 Å². The molecule has 0 fully saturated rings. The van der Waals surface area contributed by atoms with E-state index in [0.29, 0.717) is 6.54 Å². The SMILES string of the molecule is CC.CCCN(C)C(=O)c1cccc(C(F)(F)F)c1. The van der Waals surface area contributed by atoms with Crippen LogP contribution in [0.5, 0.6) is 0 Å². The topological polar surface area (TPSA) is 20.3 Å². The lowest BCUT2D eigenvalue weighted by atomic mass is 10.1. The molecule has 2 nitrogen and oxygen atoms in total. The first-order chi connectivity index (χ1) is 8.86. The van der Waals surface area contributed by atoms with Crippen LogP contribution in [0.1, 0.15) is 43.1 Å². The molecule has 1 amide bonds. The largest absolute Gasteiger partial charge is 0.416 e. The van der Waals surface area contributed by atoms with Crippen molar-refractivity contribution in [2.75, 3.05) is 13.6 Å². The predicted molar refractivity (Wildman–Crippen MR) is 70.0 cm³/mol. The third-order valence-corrected chi connectivity index (χ3v) is 2.34. The van der Waals surface area contributed by atoms with Gasteiger partial charge in [-0.3, -0.25) is 4.79 Å². The molecule has 0 aliphatic carbocycles. The summed E-state index contributed by atoms with van der Waals surface area (Å²) in [5.41, 5.74) is -0.732. The van der Waals surface area contributed by atoms with Gasteiger partial charge in [-0.05, 0) is 24.6 Å². The van der Waals surface area contributed by atoms with Crippen molar-refractivity contribution >= 4 is 5.91 Å². The lowest BCUT2D eigenvalue weighted by molar-refractivity contribution is -0.137. The molecule has 0 aliphatic rings. The van der Waals surface area contributed by atoms with E-state index in [4.69, 9.17) is 0 Å². The number of nitrogens with zero attached hydrogens (tertiary/aromatic N) is 1. The van der Waals surface area contributed by atoms with Gasteiger partial charge in [0, 0.05) is 19.2 Å². The molecule has 0 saturated carbocycles. The Morgan fingerprint density at radius 1 is 1.26 bits per heavy atom. The smallest absolute Gasteiger partial charge is 0.342 e. The number of rotatable bonds is 3. The lowest BCUT2D eigenvalue weighted by Gasteiger charge is -2.16. The first-order valence-electron chi connectivity index (χ1n) is 6.29. The van der Waals surface area contributed by atoms with E-state index in [1.807, 2.05) is 20.8 Å². The van der Waals surface area contributed by atoms with Gasteiger partial charge in [0.2, 0.25) is 0 Å². The Kier molecular flexibility index (Phi) is 7.19. The second-order valence-electron chi connectivity index (χ2n) is 3.81. The summed E-state index contributed by atoms with van der Waals surface area (Å²) in [6.07, 6.45) is -3.65. The van der Waals surface area contributed by atoms with Gasteiger partial charge in [-0.1, -0.05) is 26.8 Å². The molecule has 5 heteroatoms. The van der Waals surface area contributed by atoms with Gasteiger partial charge in [0.1, 0.15) is 0 Å². The molecule has 0 aromatic heterocycles. The molecular weight excluding hydrogens is 255 g/mol. The molecule has 108 valence electrons. The molecule has 19 heavy (non-hydrogen) atoms. The summed E-state index contributed by atoms with van der Waals surface area (Å²) < 4.78 is 37.4. The number of benzene rings is 1. The fourth-order valence-electron chi connectivity index (χ4n) is 1.49. The predicted octanol–water partition coefficient (Wildman–Crippen LogP) is 4.21. The van der Waals surface area contributed by atoms with Crippen LogP contribution in [-0.2, 0) is 6.18 Å². The standard InChI is InChI=1S/C12H14F3NO.C2H6/c1-3-7-16(2)11(17)9-5-4-6-10(8-9)12(13,14)15;1-2/h4-6,8H,3,7H2,1-2H3;1-2H3. The number of hydrogen-bond donors (Lipinski definition) is 0. The van der Waals surface area contributed by atoms with Crippen LogP contribution < -0.4 is 0 Å². The molecule has 0 unspecified atom stereocenters. The summed E-state index contributed by atoms with van der Waals surface area (Å²) in [6, 6.07) is 4.48. The summed E-state index contributed by atoms with van der Waals surface area (Å²) in [7, 11) is 1.58. The number of alkyl halides is 3. The van der Waals surface area contributed by atoms with Gasteiger partial charge in [-0.2, -0.15) is 13.2 Å². The average Bonchev–Trinajstić information content (AvgIpc) is 2.39. The third kappa shape index (κ3) is 5.32. The average molecular weight is 275 g/mol. The van der Waals surface area contributed by atoms with Crippen LogP contribution in [0.2, 0.25) is 0 Å². The first-order valence-corrected chi connectivity index (χ1v) is 6.29. The van der Waals surface area contributed by atoms with Gasteiger partial charge >= 0.3 is 6.18 Å². The van der Waals surface area contributed by atoms with Gasteiger partial charge < -0.3 is 4.90 Å². The zero-order valence-corrected chi connectivity index (χ0v) is 11.7. The zero-order chi connectivity index (χ0) is 15.1. The van der Waals surface area contributed by atoms with Crippen LogP contribution in [-0.4, -0.2) is 24.4 Å². The molecular formula is C14H20F3NO. The van der Waals surface area contributed by atoms with E-state index in [1.54, 1.807) is 7.05 Å². The monoisotopic (exact) mass is 275 g/mol. The highest BCUT2D eigenvalue weighted by atomic mass is 19.4. The minimum Gasteiger partial charge on any atom is -0.342 e. The second-order valence-corrected chi connectivity index (χ2v) is 3.81. The molecule has 0 N–H and O–H groups in total. The lowest BCUT2D eigenvalue weighted by Crippen LogP contribution is -2.27. The molecule has 0 spiro atoms. The molecule has 0 atom stereocenters. The number of hydrogen-bond acceptors (Lipinski definition) is 1. The molecule has 0 bridgehead atoms. The van der Waals surface area contributed by atoms with Crippen LogP contribution in [0.15, 0.2) is 24.3 Å². The fourth-order valence-corrected chi connectivity index (χ4v) is 1.49. The molecule has 1 aromatic carbocycles. The third-order valence-electron chi connectivity index (χ3n) is 2.34. The van der Waals surface area contributed by atoms with Crippen LogP contribution in [0.3, 0.4) is 0 Å². The minimum absolute atomic E-state index is 0.0655. The Balaban J connectivity index is 0.00000154. The van der Waals surface area contributed by atoms with Crippen molar-refractivity contribution in [1.29, 1.82) is 0 Å². The molecule has 0 aliphatic heterocycles. The maximum absolute atomic E-state index is 12.5. The van der Waals surface area contributed by atoms with Gasteiger partial charge in [-0.15, -0.1) is 0 Å². The molecule has 0 radical (unpaired) electrons. The van der Waals surface area contributed by atoms with Crippen molar-refractivity contribution in [2.45, 2.75) is 33.4 Å². The van der Waals surface area contributed by atoms with Crippen LogP contribution in [0.4, 0.5) is 13.2 Å². The van der Waals surface area contributed by atoms with Crippen LogP contribution >= 0.6 is 0 Å². The van der Waals surface area contributed by atoms with Gasteiger partial charge in [0.15, 0.2) is 0 Å². The van der Waals surface area contributed by atoms with E-state index >= 15 is 0 Å².